The summed E-state index contributed by atoms with van der Waals surface area (Å²) in [4.78, 5) is 25.5. The van der Waals surface area contributed by atoms with Crippen molar-refractivity contribution in [3.8, 4) is 0 Å². The average molecular weight is 327 g/mol. The summed E-state index contributed by atoms with van der Waals surface area (Å²) in [6.45, 7) is 3.66. The third-order valence-electron chi connectivity index (χ3n) is 4.59. The first kappa shape index (κ1) is 16.5. The van der Waals surface area contributed by atoms with Crippen molar-refractivity contribution in [2.45, 2.75) is 32.2 Å². The molecule has 2 aromatic rings. The van der Waals surface area contributed by atoms with Crippen LogP contribution in [0.4, 0.5) is 5.82 Å². The van der Waals surface area contributed by atoms with E-state index in [-0.39, 0.29) is 5.91 Å². The molecule has 128 valence electrons. The van der Waals surface area contributed by atoms with Gasteiger partial charge in [-0.1, -0.05) is 6.92 Å². The van der Waals surface area contributed by atoms with E-state index in [1.54, 1.807) is 12.3 Å². The van der Waals surface area contributed by atoms with Crippen LogP contribution in [-0.2, 0) is 6.42 Å². The van der Waals surface area contributed by atoms with Gasteiger partial charge in [-0.3, -0.25) is 4.79 Å². The maximum Gasteiger partial charge on any atom is 0.254 e. The molecule has 1 aliphatic heterocycles. The van der Waals surface area contributed by atoms with Crippen LogP contribution in [0.15, 0.2) is 30.7 Å². The van der Waals surface area contributed by atoms with Crippen LogP contribution < -0.4 is 4.90 Å². The maximum absolute atomic E-state index is 12.9. The van der Waals surface area contributed by atoms with Gasteiger partial charge in [0.2, 0.25) is 0 Å². The average Bonchev–Trinajstić information content (AvgIpc) is 3.10. The van der Waals surface area contributed by atoms with E-state index in [1.807, 2.05) is 42.4 Å². The number of nitrogens with zero attached hydrogens (tertiary/aromatic N) is 5. The predicted molar refractivity (Wildman–Crippen MR) is 94.3 cm³/mol. The predicted octanol–water partition coefficient (Wildman–Crippen LogP) is 2.38. The van der Waals surface area contributed by atoms with E-state index in [9.17, 15) is 4.79 Å². The quantitative estimate of drug-likeness (QED) is 0.865. The number of pyridine rings is 1. The highest BCUT2D eigenvalue weighted by molar-refractivity contribution is 5.94. The van der Waals surface area contributed by atoms with E-state index in [1.165, 1.54) is 0 Å². The van der Waals surface area contributed by atoms with Crippen molar-refractivity contribution < 1.29 is 4.79 Å². The lowest BCUT2D eigenvalue weighted by Crippen LogP contribution is -2.41. The van der Waals surface area contributed by atoms with E-state index >= 15 is 0 Å². The fourth-order valence-corrected chi connectivity index (χ4v) is 3.30. The van der Waals surface area contributed by atoms with Crippen LogP contribution in [0.1, 0.15) is 42.0 Å². The number of hydrogen-bond acceptors (Lipinski definition) is 4. The Bertz CT molecular complexity index is 709. The van der Waals surface area contributed by atoms with Crippen LogP contribution in [0.5, 0.6) is 0 Å². The summed E-state index contributed by atoms with van der Waals surface area (Å²) in [5.41, 5.74) is 0.704. The summed E-state index contributed by atoms with van der Waals surface area (Å²) in [6.07, 6.45) is 8.61. The first-order valence-corrected chi connectivity index (χ1v) is 8.54. The summed E-state index contributed by atoms with van der Waals surface area (Å²) in [5, 5.41) is 0. The lowest BCUT2D eigenvalue weighted by atomic mass is 10.0. The van der Waals surface area contributed by atoms with Crippen LogP contribution in [0, 0.1) is 0 Å². The number of imidazole rings is 1. The van der Waals surface area contributed by atoms with Gasteiger partial charge in [0.25, 0.3) is 5.91 Å². The van der Waals surface area contributed by atoms with E-state index < -0.39 is 0 Å². The zero-order valence-electron chi connectivity index (χ0n) is 14.6. The van der Waals surface area contributed by atoms with E-state index in [2.05, 4.69) is 21.5 Å². The van der Waals surface area contributed by atoms with Crippen LogP contribution >= 0.6 is 0 Å². The maximum atomic E-state index is 12.9. The van der Waals surface area contributed by atoms with Gasteiger partial charge in [-0.25, -0.2) is 9.97 Å². The molecule has 0 aromatic carbocycles. The van der Waals surface area contributed by atoms with Crippen molar-refractivity contribution in [2.75, 3.05) is 32.1 Å². The Balaban J connectivity index is 1.77. The first-order valence-electron chi connectivity index (χ1n) is 8.54. The molecule has 6 nitrogen and oxygen atoms in total. The van der Waals surface area contributed by atoms with Gasteiger partial charge in [-0.05, 0) is 25.0 Å². The largest absolute Gasteiger partial charge is 0.363 e. The van der Waals surface area contributed by atoms with Gasteiger partial charge >= 0.3 is 0 Å². The molecular formula is C18H25N5O. The number of carbonyl (C=O) groups excluding carboxylic acids is 1. The van der Waals surface area contributed by atoms with Gasteiger partial charge in [0.1, 0.15) is 11.6 Å². The van der Waals surface area contributed by atoms with Crippen molar-refractivity contribution in [1.82, 2.24) is 19.4 Å². The summed E-state index contributed by atoms with van der Waals surface area (Å²) in [6, 6.07) is 3.98. The topological polar surface area (TPSA) is 54.3 Å². The second kappa shape index (κ2) is 7.03. The highest BCUT2D eigenvalue weighted by Gasteiger charge is 2.26. The van der Waals surface area contributed by atoms with Crippen molar-refractivity contribution in [2.24, 2.45) is 0 Å². The number of piperidine rings is 1. The number of likely N-dealkylation sites (tertiary alicyclic amines) is 1. The normalized spacial score (nSPS) is 17.8. The molecule has 1 aliphatic rings. The number of rotatable bonds is 4. The van der Waals surface area contributed by atoms with Gasteiger partial charge in [-0.15, -0.1) is 0 Å². The van der Waals surface area contributed by atoms with E-state index in [0.29, 0.717) is 11.6 Å². The Labute approximate surface area is 143 Å². The van der Waals surface area contributed by atoms with Crippen molar-refractivity contribution in [3.63, 3.8) is 0 Å². The highest BCUT2D eigenvalue weighted by atomic mass is 16.2. The zero-order valence-corrected chi connectivity index (χ0v) is 14.6. The smallest absolute Gasteiger partial charge is 0.254 e. The molecule has 3 rings (SSSR count). The molecule has 0 N–H and O–H groups in total. The van der Waals surface area contributed by atoms with Gasteiger partial charge < -0.3 is 14.4 Å². The van der Waals surface area contributed by atoms with Crippen LogP contribution in [0.3, 0.4) is 0 Å². The third-order valence-corrected chi connectivity index (χ3v) is 4.59. The van der Waals surface area contributed by atoms with Crippen LogP contribution in [0.2, 0.25) is 0 Å². The lowest BCUT2D eigenvalue weighted by Gasteiger charge is -2.34. The van der Waals surface area contributed by atoms with Gasteiger partial charge in [-0.2, -0.15) is 0 Å². The van der Waals surface area contributed by atoms with Crippen molar-refractivity contribution in [1.29, 1.82) is 0 Å². The number of anilines is 1. The number of amides is 1. The minimum Gasteiger partial charge on any atom is -0.363 e. The van der Waals surface area contributed by atoms with E-state index in [0.717, 1.165) is 44.0 Å². The Morgan fingerprint density at radius 2 is 2.17 bits per heavy atom. The molecule has 6 heteroatoms. The molecule has 24 heavy (non-hydrogen) atoms. The molecule has 1 fully saturated rings. The minimum atomic E-state index is 0.0864. The molecule has 1 amide bonds. The molecule has 0 spiro atoms. The third kappa shape index (κ3) is 3.27. The summed E-state index contributed by atoms with van der Waals surface area (Å²) in [5.74, 6) is 1.98. The van der Waals surface area contributed by atoms with Gasteiger partial charge in [0.15, 0.2) is 0 Å². The molecule has 0 saturated carbocycles. The zero-order chi connectivity index (χ0) is 17.1. The van der Waals surface area contributed by atoms with Crippen molar-refractivity contribution >= 4 is 11.7 Å². The van der Waals surface area contributed by atoms with Crippen molar-refractivity contribution in [3.05, 3.63) is 42.1 Å². The number of aryl methyl sites for hydroxylation is 1. The summed E-state index contributed by atoms with van der Waals surface area (Å²) >= 11 is 0. The SMILES string of the molecule is CCc1nccn1[C@H]1CCCN(C(=O)c2ccnc(N(C)C)c2)C1. The van der Waals surface area contributed by atoms with Gasteiger partial charge in [0, 0.05) is 57.8 Å². The molecule has 2 aromatic heterocycles. The Morgan fingerprint density at radius 3 is 2.92 bits per heavy atom. The fourth-order valence-electron chi connectivity index (χ4n) is 3.30. The first-order chi connectivity index (χ1) is 11.6. The second-order valence-electron chi connectivity index (χ2n) is 6.45. The molecule has 0 radical (unpaired) electrons. The molecule has 0 aliphatic carbocycles. The van der Waals surface area contributed by atoms with Gasteiger partial charge in [0.05, 0.1) is 6.04 Å². The molecule has 0 bridgehead atoms. The lowest BCUT2D eigenvalue weighted by molar-refractivity contribution is 0.0678. The Hall–Kier alpha value is -2.37. The second-order valence-corrected chi connectivity index (χ2v) is 6.45. The molecule has 1 atom stereocenters. The van der Waals surface area contributed by atoms with Crippen LogP contribution in [0.25, 0.3) is 0 Å². The Kier molecular flexibility index (Phi) is 4.83. The number of carbonyl (C=O) groups is 1. The monoisotopic (exact) mass is 327 g/mol. The molecule has 3 heterocycles. The molecular weight excluding hydrogens is 302 g/mol. The minimum absolute atomic E-state index is 0.0864. The highest BCUT2D eigenvalue weighted by Crippen LogP contribution is 2.24. The summed E-state index contributed by atoms with van der Waals surface area (Å²) in [7, 11) is 3.86. The fraction of sp³-hybridized carbons (Fsp3) is 0.500. The number of hydrogen-bond donors (Lipinski definition) is 0. The molecule has 1 saturated heterocycles. The number of aromatic nitrogens is 3. The van der Waals surface area contributed by atoms with E-state index in [4.69, 9.17) is 0 Å². The standard InChI is InChI=1S/C18H25N5O/c1-4-16-20-9-11-23(16)15-6-5-10-22(13-15)18(24)14-7-8-19-17(12-14)21(2)3/h7-9,11-12,15H,4-6,10,13H2,1-3H3/t15-/m0/s1. The summed E-state index contributed by atoms with van der Waals surface area (Å²) < 4.78 is 2.23. The van der Waals surface area contributed by atoms with Crippen LogP contribution in [-0.4, -0.2) is 52.5 Å². The Morgan fingerprint density at radius 1 is 1.33 bits per heavy atom. The molecule has 0 unspecified atom stereocenters.